The molecule has 0 bridgehead atoms. The minimum Gasteiger partial charge on any atom is -0.497 e. The summed E-state index contributed by atoms with van der Waals surface area (Å²) in [6, 6.07) is 6.48. The fourth-order valence-corrected chi connectivity index (χ4v) is 0.939. The van der Waals surface area contributed by atoms with E-state index in [0.717, 1.165) is 6.08 Å². The lowest BCUT2D eigenvalue weighted by Crippen LogP contribution is -1.94. The molecule has 0 aliphatic rings. The number of carboxylic acid groups (broad SMARTS) is 1. The van der Waals surface area contributed by atoms with Gasteiger partial charge in [-0.2, -0.15) is 4.39 Å². The first-order chi connectivity index (χ1) is 6.63. The average Bonchev–Trinajstić information content (AvgIpc) is 2.18. The summed E-state index contributed by atoms with van der Waals surface area (Å²) in [4.78, 5) is 10.2. The molecule has 1 rings (SSSR count). The van der Waals surface area contributed by atoms with Crippen LogP contribution in [0.15, 0.2) is 30.1 Å². The van der Waals surface area contributed by atoms with Crippen LogP contribution in [0.1, 0.15) is 5.56 Å². The zero-order chi connectivity index (χ0) is 10.6. The fourth-order valence-electron chi connectivity index (χ4n) is 0.939. The van der Waals surface area contributed by atoms with Crippen molar-refractivity contribution in [1.29, 1.82) is 0 Å². The SMILES string of the molecule is COc1cccc(/C=C(\F)C(=O)O)c1. The number of hydrogen-bond acceptors (Lipinski definition) is 2. The molecule has 0 heterocycles. The van der Waals surface area contributed by atoms with Gasteiger partial charge in [-0.3, -0.25) is 0 Å². The van der Waals surface area contributed by atoms with Gasteiger partial charge in [-0.1, -0.05) is 12.1 Å². The molecule has 0 saturated carbocycles. The largest absolute Gasteiger partial charge is 0.497 e. The van der Waals surface area contributed by atoms with Gasteiger partial charge in [0.2, 0.25) is 5.83 Å². The van der Waals surface area contributed by atoms with Crippen LogP contribution >= 0.6 is 0 Å². The predicted octanol–water partition coefficient (Wildman–Crippen LogP) is 2.09. The van der Waals surface area contributed by atoms with Crippen LogP contribution in [0.2, 0.25) is 0 Å². The fraction of sp³-hybridized carbons (Fsp3) is 0.100. The second-order valence-electron chi connectivity index (χ2n) is 2.57. The number of rotatable bonds is 3. The van der Waals surface area contributed by atoms with Gasteiger partial charge in [0.15, 0.2) is 0 Å². The predicted molar refractivity (Wildman–Crippen MR) is 49.7 cm³/mol. The minimum atomic E-state index is -1.58. The molecule has 0 atom stereocenters. The van der Waals surface area contributed by atoms with Crippen LogP contribution in [0.4, 0.5) is 4.39 Å². The van der Waals surface area contributed by atoms with E-state index < -0.39 is 11.8 Å². The van der Waals surface area contributed by atoms with Gasteiger partial charge in [-0.25, -0.2) is 4.79 Å². The first-order valence-corrected chi connectivity index (χ1v) is 3.88. The van der Waals surface area contributed by atoms with Crippen molar-refractivity contribution in [2.45, 2.75) is 0 Å². The monoisotopic (exact) mass is 196 g/mol. The Kier molecular flexibility index (Phi) is 3.23. The van der Waals surface area contributed by atoms with Crippen molar-refractivity contribution in [3.8, 4) is 5.75 Å². The van der Waals surface area contributed by atoms with Crippen LogP contribution < -0.4 is 4.74 Å². The molecule has 74 valence electrons. The molecule has 0 fully saturated rings. The summed E-state index contributed by atoms with van der Waals surface area (Å²) in [5.74, 6) is -2.22. The topological polar surface area (TPSA) is 46.5 Å². The van der Waals surface area contributed by atoms with Gasteiger partial charge in [0.05, 0.1) is 7.11 Å². The van der Waals surface area contributed by atoms with Crippen molar-refractivity contribution in [3.05, 3.63) is 35.7 Å². The molecule has 1 aromatic rings. The molecule has 0 aromatic heterocycles. The van der Waals surface area contributed by atoms with E-state index in [1.54, 1.807) is 24.3 Å². The molecule has 3 nitrogen and oxygen atoms in total. The highest BCUT2D eigenvalue weighted by Gasteiger charge is 2.04. The van der Waals surface area contributed by atoms with E-state index in [-0.39, 0.29) is 0 Å². The third-order valence-corrected chi connectivity index (χ3v) is 1.59. The van der Waals surface area contributed by atoms with Gasteiger partial charge < -0.3 is 9.84 Å². The highest BCUT2D eigenvalue weighted by molar-refractivity contribution is 5.89. The summed E-state index contributed by atoms with van der Waals surface area (Å²) in [5, 5.41) is 8.30. The Bertz CT molecular complexity index is 371. The zero-order valence-corrected chi connectivity index (χ0v) is 7.53. The number of carboxylic acids is 1. The quantitative estimate of drug-likeness (QED) is 0.753. The Morgan fingerprint density at radius 3 is 2.86 bits per heavy atom. The summed E-state index contributed by atoms with van der Waals surface area (Å²) in [6.45, 7) is 0. The van der Waals surface area contributed by atoms with Crippen molar-refractivity contribution in [2.75, 3.05) is 7.11 Å². The van der Waals surface area contributed by atoms with E-state index in [4.69, 9.17) is 9.84 Å². The highest BCUT2D eigenvalue weighted by Crippen LogP contribution is 2.15. The summed E-state index contributed by atoms with van der Waals surface area (Å²) in [6.07, 6.45) is 0.935. The lowest BCUT2D eigenvalue weighted by Gasteiger charge is -1.99. The number of benzene rings is 1. The lowest BCUT2D eigenvalue weighted by molar-refractivity contribution is -0.134. The zero-order valence-electron chi connectivity index (χ0n) is 7.53. The standard InChI is InChI=1S/C10H9FO3/c1-14-8-4-2-3-7(5-8)6-9(11)10(12)13/h2-6H,1H3,(H,12,13)/b9-6-. The van der Waals surface area contributed by atoms with Crippen LogP contribution in [0.3, 0.4) is 0 Å². The number of halogens is 1. The molecule has 0 radical (unpaired) electrons. The van der Waals surface area contributed by atoms with Gasteiger partial charge in [0, 0.05) is 0 Å². The smallest absolute Gasteiger partial charge is 0.364 e. The van der Waals surface area contributed by atoms with Crippen molar-refractivity contribution in [2.24, 2.45) is 0 Å². The molecular weight excluding hydrogens is 187 g/mol. The van der Waals surface area contributed by atoms with Gasteiger partial charge in [0.25, 0.3) is 0 Å². The van der Waals surface area contributed by atoms with E-state index >= 15 is 0 Å². The van der Waals surface area contributed by atoms with Crippen LogP contribution in [-0.4, -0.2) is 18.2 Å². The second kappa shape index (κ2) is 4.41. The molecule has 0 aliphatic heterocycles. The van der Waals surface area contributed by atoms with E-state index in [1.165, 1.54) is 7.11 Å². The molecule has 0 amide bonds. The van der Waals surface area contributed by atoms with Crippen molar-refractivity contribution < 1.29 is 19.0 Å². The first kappa shape index (κ1) is 10.2. The summed E-state index contributed by atoms with van der Waals surface area (Å²) in [7, 11) is 1.48. The Morgan fingerprint density at radius 2 is 2.29 bits per heavy atom. The molecule has 1 aromatic carbocycles. The maximum absolute atomic E-state index is 12.7. The Morgan fingerprint density at radius 1 is 1.57 bits per heavy atom. The van der Waals surface area contributed by atoms with E-state index in [9.17, 15) is 9.18 Å². The van der Waals surface area contributed by atoms with Crippen LogP contribution in [0.5, 0.6) is 5.75 Å². The van der Waals surface area contributed by atoms with E-state index in [1.807, 2.05) is 0 Å². The van der Waals surface area contributed by atoms with E-state index in [0.29, 0.717) is 11.3 Å². The number of aliphatic carboxylic acids is 1. The van der Waals surface area contributed by atoms with Gasteiger partial charge in [-0.15, -0.1) is 0 Å². The summed E-state index contributed by atoms with van der Waals surface area (Å²) < 4.78 is 17.6. The number of methoxy groups -OCH3 is 1. The molecule has 14 heavy (non-hydrogen) atoms. The Labute approximate surface area is 80.4 Å². The maximum atomic E-state index is 12.7. The van der Waals surface area contributed by atoms with Gasteiger partial charge >= 0.3 is 5.97 Å². The van der Waals surface area contributed by atoms with Crippen LogP contribution in [0.25, 0.3) is 6.08 Å². The number of ether oxygens (including phenoxy) is 1. The third kappa shape index (κ3) is 2.58. The Hall–Kier alpha value is -1.84. The molecule has 0 spiro atoms. The number of carbonyl (C=O) groups is 1. The minimum absolute atomic E-state index is 0.448. The molecule has 1 N–H and O–H groups in total. The third-order valence-electron chi connectivity index (χ3n) is 1.59. The summed E-state index contributed by atoms with van der Waals surface area (Å²) >= 11 is 0. The van der Waals surface area contributed by atoms with Gasteiger partial charge in [-0.05, 0) is 23.8 Å². The average molecular weight is 196 g/mol. The van der Waals surface area contributed by atoms with Crippen LogP contribution in [-0.2, 0) is 4.79 Å². The maximum Gasteiger partial charge on any atom is 0.364 e. The van der Waals surface area contributed by atoms with Crippen molar-refractivity contribution in [1.82, 2.24) is 0 Å². The lowest BCUT2D eigenvalue weighted by atomic mass is 10.2. The number of hydrogen-bond donors (Lipinski definition) is 1. The Balaban J connectivity index is 2.97. The summed E-state index contributed by atoms with van der Waals surface area (Å²) in [5.41, 5.74) is 0.448. The highest BCUT2D eigenvalue weighted by atomic mass is 19.1. The molecule has 0 aliphatic carbocycles. The normalized spacial score (nSPS) is 11.1. The first-order valence-electron chi connectivity index (χ1n) is 3.88. The second-order valence-corrected chi connectivity index (χ2v) is 2.57. The molecular formula is C10H9FO3. The molecule has 0 unspecified atom stereocenters. The molecule has 4 heteroatoms. The van der Waals surface area contributed by atoms with Gasteiger partial charge in [0.1, 0.15) is 5.75 Å². The van der Waals surface area contributed by atoms with Crippen LogP contribution in [0, 0.1) is 0 Å². The molecule has 0 saturated heterocycles. The van der Waals surface area contributed by atoms with Crippen molar-refractivity contribution in [3.63, 3.8) is 0 Å². The van der Waals surface area contributed by atoms with E-state index in [2.05, 4.69) is 0 Å². The van der Waals surface area contributed by atoms with Crippen molar-refractivity contribution >= 4 is 12.0 Å².